The molecule has 1 rings (SSSR count). The van der Waals surface area contributed by atoms with E-state index in [1.54, 1.807) is 0 Å². The lowest BCUT2D eigenvalue weighted by Crippen LogP contribution is -2.10. The Morgan fingerprint density at radius 2 is 1.91 bits per heavy atom. The van der Waals surface area contributed by atoms with E-state index in [-0.39, 0.29) is 0 Å². The molecule has 11 heavy (non-hydrogen) atoms. The molecule has 0 unspecified atom stereocenters. The average molecular weight is 216 g/mol. The molecule has 0 aromatic heterocycles. The van der Waals surface area contributed by atoms with Crippen molar-refractivity contribution in [1.82, 2.24) is 0 Å². The third-order valence-electron chi connectivity index (χ3n) is 1.20. The zero-order valence-corrected chi connectivity index (χ0v) is 7.67. The molecule has 3 heteroatoms. The second kappa shape index (κ2) is 4.36. The summed E-state index contributed by atoms with van der Waals surface area (Å²) < 4.78 is 6.32. The molecule has 0 radical (unpaired) electrons. The number of halogens is 1. The molecule has 2 N–H and O–H groups in total. The molecule has 60 valence electrons. The first-order valence-electron chi connectivity index (χ1n) is 3.41. The molecule has 0 saturated heterocycles. The van der Waals surface area contributed by atoms with Crippen molar-refractivity contribution in [2.24, 2.45) is 5.73 Å². The predicted octanol–water partition coefficient (Wildman–Crippen LogP) is 1.79. The largest absolute Gasteiger partial charge is 0.492 e. The maximum Gasteiger partial charge on any atom is 0.119 e. The van der Waals surface area contributed by atoms with E-state index < -0.39 is 0 Å². The predicted molar refractivity (Wildman–Crippen MR) is 48.7 cm³/mol. The molecule has 0 aliphatic carbocycles. The first-order chi connectivity index (χ1) is 5.33. The van der Waals surface area contributed by atoms with Gasteiger partial charge in [-0.1, -0.05) is 15.9 Å². The average Bonchev–Trinajstić information content (AvgIpc) is 2.04. The third-order valence-corrected chi connectivity index (χ3v) is 1.73. The molecule has 2 nitrogen and oxygen atoms in total. The summed E-state index contributed by atoms with van der Waals surface area (Å²) in [5, 5.41) is 0. The van der Waals surface area contributed by atoms with Crippen LogP contribution in [-0.2, 0) is 0 Å². The molecule has 0 saturated carbocycles. The van der Waals surface area contributed by atoms with Gasteiger partial charge in [-0.15, -0.1) is 0 Å². The standard InChI is InChI=1S/C8H10BrNO/c9-7-1-3-8(4-2-7)11-6-5-10/h1-4H,5-6,10H2. The summed E-state index contributed by atoms with van der Waals surface area (Å²) in [7, 11) is 0. The minimum atomic E-state index is 0.552. The molecule has 0 aliphatic heterocycles. The van der Waals surface area contributed by atoms with Gasteiger partial charge >= 0.3 is 0 Å². The Balaban J connectivity index is 2.52. The SMILES string of the molecule is NCCOc1ccc(Br)cc1. The summed E-state index contributed by atoms with van der Waals surface area (Å²) in [6.45, 7) is 1.12. The van der Waals surface area contributed by atoms with Gasteiger partial charge in [0.25, 0.3) is 0 Å². The minimum absolute atomic E-state index is 0.552. The summed E-state index contributed by atoms with van der Waals surface area (Å²) in [4.78, 5) is 0. The number of hydrogen-bond acceptors (Lipinski definition) is 2. The number of ether oxygens (including phenoxy) is 1. The molecule has 0 aliphatic rings. The van der Waals surface area contributed by atoms with Crippen molar-refractivity contribution in [3.8, 4) is 5.75 Å². The van der Waals surface area contributed by atoms with Crippen LogP contribution in [0.1, 0.15) is 0 Å². The fourth-order valence-corrected chi connectivity index (χ4v) is 0.972. The van der Waals surface area contributed by atoms with Crippen molar-refractivity contribution >= 4 is 15.9 Å². The van der Waals surface area contributed by atoms with Gasteiger partial charge < -0.3 is 10.5 Å². The van der Waals surface area contributed by atoms with Gasteiger partial charge in [0.05, 0.1) is 0 Å². The van der Waals surface area contributed by atoms with Gasteiger partial charge in [-0.05, 0) is 24.3 Å². The molecular weight excluding hydrogens is 206 g/mol. The lowest BCUT2D eigenvalue weighted by Gasteiger charge is -2.02. The molecule has 0 spiro atoms. The first-order valence-corrected chi connectivity index (χ1v) is 4.20. The summed E-state index contributed by atoms with van der Waals surface area (Å²) in [6.07, 6.45) is 0. The van der Waals surface area contributed by atoms with E-state index in [1.807, 2.05) is 24.3 Å². The quantitative estimate of drug-likeness (QED) is 0.835. The molecular formula is C8H10BrNO. The minimum Gasteiger partial charge on any atom is -0.492 e. The number of hydrogen-bond donors (Lipinski definition) is 1. The second-order valence-electron chi connectivity index (χ2n) is 2.09. The fourth-order valence-electron chi connectivity index (χ4n) is 0.708. The van der Waals surface area contributed by atoms with Crippen molar-refractivity contribution in [2.75, 3.05) is 13.2 Å². The lowest BCUT2D eigenvalue weighted by molar-refractivity contribution is 0.328. The van der Waals surface area contributed by atoms with Crippen molar-refractivity contribution < 1.29 is 4.74 Å². The summed E-state index contributed by atoms with van der Waals surface area (Å²) in [5.41, 5.74) is 5.27. The Labute approximate surface area is 74.5 Å². The maximum absolute atomic E-state index is 5.27. The van der Waals surface area contributed by atoms with Gasteiger partial charge in [0.2, 0.25) is 0 Å². The number of benzene rings is 1. The van der Waals surface area contributed by atoms with Crippen LogP contribution in [-0.4, -0.2) is 13.2 Å². The van der Waals surface area contributed by atoms with Crippen LogP contribution in [0.2, 0.25) is 0 Å². The Hall–Kier alpha value is -0.540. The Bertz CT molecular complexity index is 210. The first kappa shape index (κ1) is 8.56. The normalized spacial score (nSPS) is 9.64. The molecule has 0 fully saturated rings. The highest BCUT2D eigenvalue weighted by Crippen LogP contribution is 2.15. The van der Waals surface area contributed by atoms with E-state index in [9.17, 15) is 0 Å². The zero-order chi connectivity index (χ0) is 8.10. The topological polar surface area (TPSA) is 35.2 Å². The smallest absolute Gasteiger partial charge is 0.119 e. The van der Waals surface area contributed by atoms with Crippen LogP contribution in [0.15, 0.2) is 28.7 Å². The van der Waals surface area contributed by atoms with Crippen LogP contribution >= 0.6 is 15.9 Å². The lowest BCUT2D eigenvalue weighted by atomic mass is 10.3. The monoisotopic (exact) mass is 215 g/mol. The van der Waals surface area contributed by atoms with E-state index in [1.165, 1.54) is 0 Å². The molecule has 0 bridgehead atoms. The van der Waals surface area contributed by atoms with E-state index in [4.69, 9.17) is 10.5 Å². The molecule has 1 aromatic carbocycles. The van der Waals surface area contributed by atoms with Gasteiger partial charge in [-0.3, -0.25) is 0 Å². The van der Waals surface area contributed by atoms with E-state index in [0.717, 1.165) is 10.2 Å². The summed E-state index contributed by atoms with van der Waals surface area (Å²) in [6, 6.07) is 7.68. The van der Waals surface area contributed by atoms with Gasteiger partial charge in [-0.25, -0.2) is 0 Å². The molecule has 0 heterocycles. The highest BCUT2D eigenvalue weighted by atomic mass is 79.9. The maximum atomic E-state index is 5.27. The zero-order valence-electron chi connectivity index (χ0n) is 6.09. The van der Waals surface area contributed by atoms with Crippen LogP contribution in [0.3, 0.4) is 0 Å². The van der Waals surface area contributed by atoms with Crippen LogP contribution in [0, 0.1) is 0 Å². The highest BCUT2D eigenvalue weighted by molar-refractivity contribution is 9.10. The van der Waals surface area contributed by atoms with Crippen molar-refractivity contribution in [1.29, 1.82) is 0 Å². The molecule has 1 aromatic rings. The summed E-state index contributed by atoms with van der Waals surface area (Å²) in [5.74, 6) is 0.860. The van der Waals surface area contributed by atoms with E-state index >= 15 is 0 Å². The van der Waals surface area contributed by atoms with Gasteiger partial charge in [0.1, 0.15) is 12.4 Å². The van der Waals surface area contributed by atoms with Crippen LogP contribution in [0.25, 0.3) is 0 Å². The van der Waals surface area contributed by atoms with E-state index in [2.05, 4.69) is 15.9 Å². The van der Waals surface area contributed by atoms with Crippen molar-refractivity contribution in [3.05, 3.63) is 28.7 Å². The van der Waals surface area contributed by atoms with Crippen molar-refractivity contribution in [3.63, 3.8) is 0 Å². The fraction of sp³-hybridized carbons (Fsp3) is 0.250. The van der Waals surface area contributed by atoms with Crippen molar-refractivity contribution in [2.45, 2.75) is 0 Å². The molecule has 0 amide bonds. The van der Waals surface area contributed by atoms with Gasteiger partial charge in [0, 0.05) is 11.0 Å². The third kappa shape index (κ3) is 2.91. The van der Waals surface area contributed by atoms with Crippen LogP contribution in [0.4, 0.5) is 0 Å². The Morgan fingerprint density at radius 1 is 1.27 bits per heavy atom. The Kier molecular flexibility index (Phi) is 3.39. The molecule has 0 atom stereocenters. The second-order valence-corrected chi connectivity index (χ2v) is 3.01. The highest BCUT2D eigenvalue weighted by Gasteiger charge is 1.90. The van der Waals surface area contributed by atoms with Crippen LogP contribution < -0.4 is 10.5 Å². The van der Waals surface area contributed by atoms with Gasteiger partial charge in [-0.2, -0.15) is 0 Å². The van der Waals surface area contributed by atoms with Gasteiger partial charge in [0.15, 0.2) is 0 Å². The summed E-state index contributed by atoms with van der Waals surface area (Å²) >= 11 is 3.33. The van der Waals surface area contributed by atoms with Crippen LogP contribution in [0.5, 0.6) is 5.75 Å². The number of rotatable bonds is 3. The Morgan fingerprint density at radius 3 is 2.45 bits per heavy atom. The van der Waals surface area contributed by atoms with E-state index in [0.29, 0.717) is 13.2 Å². The number of nitrogens with two attached hydrogens (primary N) is 1.